The van der Waals surface area contributed by atoms with Gasteiger partial charge in [0.05, 0.1) is 13.2 Å². The molecule has 0 N–H and O–H groups in total. The number of hydrogen-bond acceptors (Lipinski definition) is 2. The van der Waals surface area contributed by atoms with Crippen molar-refractivity contribution in [3.05, 3.63) is 47.5 Å². The molecule has 4 heteroatoms. The van der Waals surface area contributed by atoms with Crippen LogP contribution in [0.1, 0.15) is 17.2 Å². The summed E-state index contributed by atoms with van der Waals surface area (Å²) in [6, 6.07) is 12.6. The average Bonchev–Trinajstić information content (AvgIpc) is 2.54. The maximum atomic E-state index is 11.0. The molecule has 2 aromatic carbocycles. The molecule has 0 aromatic heterocycles. The summed E-state index contributed by atoms with van der Waals surface area (Å²) in [6.45, 7) is 1.90. The summed E-state index contributed by atoms with van der Waals surface area (Å²) in [7, 11) is 0. The second-order valence-electron chi connectivity index (χ2n) is 4.95. The van der Waals surface area contributed by atoms with Crippen LogP contribution in [-0.4, -0.2) is 31.0 Å². The number of morpholine rings is 1. The summed E-state index contributed by atoms with van der Waals surface area (Å²) in [6.07, 6.45) is 0.869. The summed E-state index contributed by atoms with van der Waals surface area (Å²) in [5, 5.41) is 3.29. The van der Waals surface area contributed by atoms with Gasteiger partial charge in [0, 0.05) is 11.9 Å². The quantitative estimate of drug-likeness (QED) is 0.637. The Kier molecular flexibility index (Phi) is 4.03. The van der Waals surface area contributed by atoms with Crippen LogP contribution in [0.25, 0.3) is 10.8 Å². The molecule has 3 nitrogen and oxygen atoms in total. The molecular weight excluding hydrogens is 318 g/mol. The summed E-state index contributed by atoms with van der Waals surface area (Å²) in [5.41, 5.74) is 2.43. The molecule has 1 saturated heterocycles. The lowest BCUT2D eigenvalue weighted by atomic mass is 9.96. The largest absolute Gasteiger partial charge is 0.370 e. The Bertz CT molecular complexity index is 629. The van der Waals surface area contributed by atoms with Gasteiger partial charge in [-0.05, 0) is 21.9 Å². The van der Waals surface area contributed by atoms with Crippen LogP contribution in [0, 0.1) is 0 Å². The van der Waals surface area contributed by atoms with E-state index in [0.717, 1.165) is 17.3 Å². The topological polar surface area (TPSA) is 29.5 Å². The van der Waals surface area contributed by atoms with Gasteiger partial charge in [0.25, 0.3) is 0 Å². The van der Waals surface area contributed by atoms with E-state index in [2.05, 4.69) is 46.3 Å². The number of carbonyl (C=O) groups excluding carboxylic acids is 1. The van der Waals surface area contributed by atoms with Gasteiger partial charge in [-0.3, -0.25) is 4.79 Å². The van der Waals surface area contributed by atoms with Gasteiger partial charge in [-0.2, -0.15) is 0 Å². The van der Waals surface area contributed by atoms with Crippen LogP contribution in [0.15, 0.2) is 36.4 Å². The molecule has 1 fully saturated rings. The molecule has 1 heterocycles. The minimum absolute atomic E-state index is 0.0387. The van der Waals surface area contributed by atoms with Crippen molar-refractivity contribution in [2.45, 2.75) is 11.4 Å². The molecule has 1 atom stereocenters. The van der Waals surface area contributed by atoms with E-state index in [4.69, 9.17) is 4.74 Å². The monoisotopic (exact) mass is 333 g/mol. The van der Waals surface area contributed by atoms with E-state index in [0.29, 0.717) is 19.7 Å². The molecule has 3 rings (SSSR count). The Morgan fingerprint density at radius 1 is 1.25 bits per heavy atom. The SMILES string of the molecule is O=CN1CCOC(c2ccc(CBr)c3ccccc23)C1. The van der Waals surface area contributed by atoms with Crippen molar-refractivity contribution in [1.29, 1.82) is 0 Å². The van der Waals surface area contributed by atoms with Crippen LogP contribution >= 0.6 is 15.9 Å². The third-order valence-corrected chi connectivity index (χ3v) is 4.39. The number of alkyl halides is 1. The smallest absolute Gasteiger partial charge is 0.209 e. The summed E-state index contributed by atoms with van der Waals surface area (Å²) in [4.78, 5) is 12.7. The maximum absolute atomic E-state index is 11.0. The fraction of sp³-hybridized carbons (Fsp3) is 0.312. The molecule has 20 heavy (non-hydrogen) atoms. The van der Waals surface area contributed by atoms with E-state index in [1.165, 1.54) is 16.3 Å². The number of benzene rings is 2. The molecule has 104 valence electrons. The lowest BCUT2D eigenvalue weighted by Crippen LogP contribution is -2.37. The lowest BCUT2D eigenvalue weighted by molar-refractivity contribution is -0.125. The Balaban J connectivity index is 2.05. The number of nitrogens with zero attached hydrogens (tertiary/aromatic N) is 1. The van der Waals surface area contributed by atoms with E-state index >= 15 is 0 Å². The van der Waals surface area contributed by atoms with Gasteiger partial charge in [0.1, 0.15) is 6.10 Å². The predicted molar refractivity (Wildman–Crippen MR) is 82.9 cm³/mol. The molecule has 1 aliphatic heterocycles. The second-order valence-corrected chi connectivity index (χ2v) is 5.51. The minimum atomic E-state index is -0.0387. The van der Waals surface area contributed by atoms with Crippen molar-refractivity contribution < 1.29 is 9.53 Å². The molecule has 2 aromatic rings. The van der Waals surface area contributed by atoms with Crippen molar-refractivity contribution >= 4 is 33.1 Å². The molecular formula is C16H16BrNO2. The van der Waals surface area contributed by atoms with Gasteiger partial charge < -0.3 is 9.64 Å². The molecule has 1 amide bonds. The first-order valence-electron chi connectivity index (χ1n) is 6.71. The third-order valence-electron chi connectivity index (χ3n) is 3.79. The number of ether oxygens (including phenoxy) is 1. The van der Waals surface area contributed by atoms with Crippen LogP contribution in [0.3, 0.4) is 0 Å². The Labute approximate surface area is 126 Å². The number of rotatable bonds is 3. The number of halogens is 1. The van der Waals surface area contributed by atoms with E-state index < -0.39 is 0 Å². The lowest BCUT2D eigenvalue weighted by Gasteiger charge is -2.31. The molecule has 0 radical (unpaired) electrons. The number of hydrogen-bond donors (Lipinski definition) is 0. The Morgan fingerprint density at radius 3 is 2.80 bits per heavy atom. The minimum Gasteiger partial charge on any atom is -0.370 e. The Hall–Kier alpha value is -1.39. The fourth-order valence-electron chi connectivity index (χ4n) is 2.74. The fourth-order valence-corrected chi connectivity index (χ4v) is 3.22. The summed E-state index contributed by atoms with van der Waals surface area (Å²) >= 11 is 3.53. The highest BCUT2D eigenvalue weighted by Crippen LogP contribution is 2.31. The van der Waals surface area contributed by atoms with Gasteiger partial charge in [0.15, 0.2) is 0 Å². The van der Waals surface area contributed by atoms with Crippen molar-refractivity contribution in [2.24, 2.45) is 0 Å². The van der Waals surface area contributed by atoms with E-state index in [9.17, 15) is 4.79 Å². The number of amides is 1. The van der Waals surface area contributed by atoms with Crippen LogP contribution < -0.4 is 0 Å². The second kappa shape index (κ2) is 5.94. The highest BCUT2D eigenvalue weighted by molar-refractivity contribution is 9.08. The van der Waals surface area contributed by atoms with Gasteiger partial charge in [-0.25, -0.2) is 0 Å². The van der Waals surface area contributed by atoms with Crippen molar-refractivity contribution in [3.63, 3.8) is 0 Å². The molecule has 1 aliphatic rings. The average molecular weight is 334 g/mol. The zero-order valence-electron chi connectivity index (χ0n) is 11.1. The Morgan fingerprint density at radius 2 is 2.05 bits per heavy atom. The summed E-state index contributed by atoms with van der Waals surface area (Å²) < 4.78 is 5.87. The van der Waals surface area contributed by atoms with Gasteiger partial charge in [0.2, 0.25) is 6.41 Å². The highest BCUT2D eigenvalue weighted by Gasteiger charge is 2.22. The van der Waals surface area contributed by atoms with Crippen LogP contribution in [0.5, 0.6) is 0 Å². The van der Waals surface area contributed by atoms with Crippen LogP contribution in [-0.2, 0) is 14.9 Å². The van der Waals surface area contributed by atoms with Crippen molar-refractivity contribution in [2.75, 3.05) is 19.7 Å². The normalized spacial score (nSPS) is 19.2. The van der Waals surface area contributed by atoms with E-state index in [-0.39, 0.29) is 6.10 Å². The van der Waals surface area contributed by atoms with Gasteiger partial charge >= 0.3 is 0 Å². The summed E-state index contributed by atoms with van der Waals surface area (Å²) in [5.74, 6) is 0. The van der Waals surface area contributed by atoms with Crippen LogP contribution in [0.2, 0.25) is 0 Å². The zero-order chi connectivity index (χ0) is 13.9. The molecule has 0 aliphatic carbocycles. The molecule has 0 bridgehead atoms. The standard InChI is InChI=1S/C16H16BrNO2/c17-9-12-5-6-15(14-4-2-1-3-13(12)14)16-10-18(11-19)7-8-20-16/h1-6,11,16H,7-10H2. The van der Waals surface area contributed by atoms with E-state index in [1.54, 1.807) is 4.90 Å². The van der Waals surface area contributed by atoms with Gasteiger partial charge in [-0.15, -0.1) is 0 Å². The van der Waals surface area contributed by atoms with Crippen LogP contribution in [0.4, 0.5) is 0 Å². The number of carbonyl (C=O) groups is 1. The van der Waals surface area contributed by atoms with Crippen molar-refractivity contribution in [1.82, 2.24) is 4.90 Å². The molecule has 0 spiro atoms. The van der Waals surface area contributed by atoms with Gasteiger partial charge in [-0.1, -0.05) is 52.3 Å². The third kappa shape index (κ3) is 2.45. The first-order chi connectivity index (χ1) is 9.83. The first-order valence-corrected chi connectivity index (χ1v) is 7.83. The molecule has 0 saturated carbocycles. The maximum Gasteiger partial charge on any atom is 0.209 e. The zero-order valence-corrected chi connectivity index (χ0v) is 12.7. The highest BCUT2D eigenvalue weighted by atomic mass is 79.9. The predicted octanol–water partition coefficient (Wildman–Crippen LogP) is 3.26. The first kappa shape index (κ1) is 13.6. The van der Waals surface area contributed by atoms with E-state index in [1.807, 2.05) is 6.07 Å². The van der Waals surface area contributed by atoms with Crippen molar-refractivity contribution in [3.8, 4) is 0 Å². The molecule has 1 unspecified atom stereocenters. The number of fused-ring (bicyclic) bond motifs is 1.